The fraction of sp³-hybridized carbons (Fsp3) is 0.444. The Bertz CT molecular complexity index is 677. The number of guanidine groups is 1. The van der Waals surface area contributed by atoms with Crippen LogP contribution in [0.5, 0.6) is 0 Å². The van der Waals surface area contributed by atoms with Crippen LogP contribution in [0.3, 0.4) is 0 Å². The lowest BCUT2D eigenvalue weighted by Gasteiger charge is -2.11. The lowest BCUT2D eigenvalue weighted by Crippen LogP contribution is -2.37. The summed E-state index contributed by atoms with van der Waals surface area (Å²) in [4.78, 5) is 5.92. The molecule has 144 valence electrons. The van der Waals surface area contributed by atoms with E-state index in [2.05, 4.69) is 61.8 Å². The second-order valence-corrected chi connectivity index (χ2v) is 7.55. The Labute approximate surface area is 186 Å². The van der Waals surface area contributed by atoms with Gasteiger partial charge in [0.2, 0.25) is 0 Å². The molecular formula is C18H27BrIN5S. The largest absolute Gasteiger partial charge is 0.357 e. The number of thioether (sulfide) groups is 1. The first kappa shape index (κ1) is 23.3. The van der Waals surface area contributed by atoms with Gasteiger partial charge in [0.25, 0.3) is 0 Å². The zero-order valence-electron chi connectivity index (χ0n) is 15.2. The highest BCUT2D eigenvalue weighted by molar-refractivity contribution is 14.0. The van der Waals surface area contributed by atoms with E-state index >= 15 is 0 Å². The van der Waals surface area contributed by atoms with E-state index in [-0.39, 0.29) is 24.0 Å². The summed E-state index contributed by atoms with van der Waals surface area (Å²) < 4.78 is 3.03. The van der Waals surface area contributed by atoms with Crippen molar-refractivity contribution in [3.05, 3.63) is 46.7 Å². The Hall–Kier alpha value is -0.740. The van der Waals surface area contributed by atoms with Crippen molar-refractivity contribution >= 4 is 57.6 Å². The molecule has 0 saturated heterocycles. The third-order valence-electron chi connectivity index (χ3n) is 3.62. The van der Waals surface area contributed by atoms with E-state index in [0.29, 0.717) is 6.54 Å². The third kappa shape index (κ3) is 8.30. The van der Waals surface area contributed by atoms with Gasteiger partial charge in [-0.1, -0.05) is 12.1 Å². The molecule has 8 heteroatoms. The third-order valence-corrected chi connectivity index (χ3v) is 5.74. The van der Waals surface area contributed by atoms with Gasteiger partial charge in [0, 0.05) is 35.7 Å². The minimum Gasteiger partial charge on any atom is -0.357 e. The molecule has 0 bridgehead atoms. The van der Waals surface area contributed by atoms with Crippen LogP contribution in [-0.2, 0) is 13.6 Å². The zero-order chi connectivity index (χ0) is 17.9. The Morgan fingerprint density at radius 2 is 2.04 bits per heavy atom. The van der Waals surface area contributed by atoms with E-state index in [1.165, 1.54) is 15.8 Å². The quantitative estimate of drug-likeness (QED) is 0.159. The average Bonchev–Trinajstić information content (AvgIpc) is 3.02. The summed E-state index contributed by atoms with van der Waals surface area (Å²) in [5.74, 6) is 1.98. The molecule has 2 rings (SSSR count). The monoisotopic (exact) mass is 551 g/mol. The molecule has 0 unspecified atom stereocenters. The number of nitrogens with one attached hydrogen (secondary N) is 2. The molecule has 0 aliphatic heterocycles. The molecule has 0 aliphatic rings. The molecule has 0 atom stereocenters. The highest BCUT2D eigenvalue weighted by atomic mass is 127. The Morgan fingerprint density at radius 1 is 1.23 bits per heavy atom. The van der Waals surface area contributed by atoms with E-state index in [1.54, 1.807) is 6.20 Å². The van der Waals surface area contributed by atoms with Crippen LogP contribution < -0.4 is 10.6 Å². The standard InChI is InChI=1S/C18H26BrN5S.HI/c1-3-20-18(22-14-15-10-12-23-24(15)2)21-11-6-7-13-25-17-9-5-4-8-16(17)19;/h4-5,8-10,12H,3,6-7,11,13-14H2,1-2H3,(H2,20,21,22);1H. The summed E-state index contributed by atoms with van der Waals surface area (Å²) in [6, 6.07) is 10.4. The molecule has 1 aromatic carbocycles. The summed E-state index contributed by atoms with van der Waals surface area (Å²) in [5.41, 5.74) is 1.10. The van der Waals surface area contributed by atoms with E-state index in [0.717, 1.165) is 36.9 Å². The number of benzene rings is 1. The number of aromatic nitrogens is 2. The lowest BCUT2D eigenvalue weighted by molar-refractivity contribution is 0.702. The second kappa shape index (κ2) is 13.4. The molecule has 2 aromatic rings. The molecule has 2 N–H and O–H groups in total. The zero-order valence-corrected chi connectivity index (χ0v) is 20.0. The van der Waals surface area contributed by atoms with Crippen molar-refractivity contribution in [2.75, 3.05) is 18.8 Å². The fourth-order valence-corrected chi connectivity index (χ4v) is 3.81. The van der Waals surface area contributed by atoms with Gasteiger partial charge in [-0.15, -0.1) is 35.7 Å². The van der Waals surface area contributed by atoms with Crippen molar-refractivity contribution in [3.63, 3.8) is 0 Å². The van der Waals surface area contributed by atoms with Gasteiger partial charge in [-0.2, -0.15) is 5.10 Å². The number of unbranched alkanes of at least 4 members (excludes halogenated alkanes) is 1. The first-order valence-corrected chi connectivity index (χ1v) is 10.3. The van der Waals surface area contributed by atoms with E-state index in [1.807, 2.05) is 35.6 Å². The number of rotatable bonds is 9. The molecule has 1 aromatic heterocycles. The minimum absolute atomic E-state index is 0. The van der Waals surface area contributed by atoms with Crippen LogP contribution in [0.1, 0.15) is 25.5 Å². The van der Waals surface area contributed by atoms with E-state index < -0.39 is 0 Å². The SMILES string of the molecule is CCNC(=NCc1ccnn1C)NCCCCSc1ccccc1Br.I. The van der Waals surface area contributed by atoms with Crippen LogP contribution in [0.4, 0.5) is 0 Å². The molecule has 0 saturated carbocycles. The van der Waals surface area contributed by atoms with Crippen molar-refractivity contribution in [3.8, 4) is 0 Å². The molecule has 1 heterocycles. The van der Waals surface area contributed by atoms with Crippen LogP contribution in [0.15, 0.2) is 50.9 Å². The van der Waals surface area contributed by atoms with Crippen molar-refractivity contribution in [2.45, 2.75) is 31.2 Å². The number of nitrogens with zero attached hydrogens (tertiary/aromatic N) is 3. The van der Waals surface area contributed by atoms with Crippen molar-refractivity contribution in [2.24, 2.45) is 12.0 Å². The molecule has 0 amide bonds. The van der Waals surface area contributed by atoms with Crippen molar-refractivity contribution < 1.29 is 0 Å². The molecule has 0 fully saturated rings. The van der Waals surface area contributed by atoms with Gasteiger partial charge >= 0.3 is 0 Å². The predicted molar refractivity (Wildman–Crippen MR) is 126 cm³/mol. The molecule has 0 spiro atoms. The number of hydrogen-bond acceptors (Lipinski definition) is 3. The maximum atomic E-state index is 4.62. The minimum atomic E-state index is 0. The van der Waals surface area contributed by atoms with Crippen LogP contribution in [0.25, 0.3) is 0 Å². The molecule has 5 nitrogen and oxygen atoms in total. The number of aryl methyl sites for hydroxylation is 1. The highest BCUT2D eigenvalue weighted by Crippen LogP contribution is 2.27. The normalized spacial score (nSPS) is 11.1. The van der Waals surface area contributed by atoms with Gasteiger partial charge in [-0.05, 0) is 59.6 Å². The van der Waals surface area contributed by atoms with Crippen LogP contribution >= 0.6 is 51.7 Å². The first-order valence-electron chi connectivity index (χ1n) is 8.57. The summed E-state index contributed by atoms with van der Waals surface area (Å²) in [7, 11) is 1.94. The van der Waals surface area contributed by atoms with E-state index in [9.17, 15) is 0 Å². The highest BCUT2D eigenvalue weighted by Gasteiger charge is 2.01. The smallest absolute Gasteiger partial charge is 0.191 e. The number of halogens is 2. The van der Waals surface area contributed by atoms with Gasteiger partial charge < -0.3 is 10.6 Å². The van der Waals surface area contributed by atoms with Crippen molar-refractivity contribution in [1.82, 2.24) is 20.4 Å². The fourth-order valence-electron chi connectivity index (χ4n) is 2.24. The second-order valence-electron chi connectivity index (χ2n) is 5.55. The van der Waals surface area contributed by atoms with Gasteiger partial charge in [-0.25, -0.2) is 4.99 Å². The van der Waals surface area contributed by atoms with Gasteiger partial charge in [0.15, 0.2) is 5.96 Å². The van der Waals surface area contributed by atoms with Crippen LogP contribution in [-0.4, -0.2) is 34.6 Å². The summed E-state index contributed by atoms with van der Waals surface area (Å²) in [6.07, 6.45) is 4.08. The summed E-state index contributed by atoms with van der Waals surface area (Å²) in [5, 5.41) is 10.9. The first-order chi connectivity index (χ1) is 12.2. The van der Waals surface area contributed by atoms with Gasteiger partial charge in [-0.3, -0.25) is 4.68 Å². The van der Waals surface area contributed by atoms with Gasteiger partial charge in [0.1, 0.15) is 0 Å². The number of aliphatic imine (C=N–C) groups is 1. The predicted octanol–water partition coefficient (Wildman–Crippen LogP) is 4.43. The Kier molecular flexibility index (Phi) is 12.0. The topological polar surface area (TPSA) is 54.2 Å². The lowest BCUT2D eigenvalue weighted by atomic mass is 10.3. The van der Waals surface area contributed by atoms with Crippen molar-refractivity contribution in [1.29, 1.82) is 0 Å². The summed E-state index contributed by atoms with van der Waals surface area (Å²) in [6.45, 7) is 4.49. The summed E-state index contributed by atoms with van der Waals surface area (Å²) >= 11 is 5.49. The maximum absolute atomic E-state index is 4.62. The Balaban J connectivity index is 0.00000338. The molecular weight excluding hydrogens is 525 g/mol. The van der Waals surface area contributed by atoms with Gasteiger partial charge in [0.05, 0.1) is 12.2 Å². The van der Waals surface area contributed by atoms with Crippen LogP contribution in [0, 0.1) is 0 Å². The molecule has 0 radical (unpaired) electrons. The van der Waals surface area contributed by atoms with Crippen LogP contribution in [0.2, 0.25) is 0 Å². The average molecular weight is 552 g/mol. The maximum Gasteiger partial charge on any atom is 0.191 e. The number of hydrogen-bond donors (Lipinski definition) is 2. The Morgan fingerprint density at radius 3 is 2.73 bits per heavy atom. The molecule has 26 heavy (non-hydrogen) atoms. The van der Waals surface area contributed by atoms with E-state index in [4.69, 9.17) is 0 Å². The molecule has 0 aliphatic carbocycles.